The zero-order chi connectivity index (χ0) is 37.5. The van der Waals surface area contributed by atoms with E-state index in [0.717, 1.165) is 5.56 Å². The van der Waals surface area contributed by atoms with E-state index in [1.54, 1.807) is 38.4 Å². The van der Waals surface area contributed by atoms with Crippen molar-refractivity contribution in [2.75, 3.05) is 27.7 Å². The number of carbonyl (C=O) groups excluding carboxylic acids is 4. The second kappa shape index (κ2) is 19.2. The molecule has 0 aliphatic carbocycles. The fraction of sp³-hybridized carbons (Fsp3) is 0.387. The molecule has 0 spiro atoms. The van der Waals surface area contributed by atoms with Gasteiger partial charge in [-0.2, -0.15) is 13.2 Å². The van der Waals surface area contributed by atoms with Crippen molar-refractivity contribution in [1.29, 1.82) is 10.8 Å². The number of guanidine groups is 1. The van der Waals surface area contributed by atoms with E-state index in [2.05, 4.69) is 10.6 Å². The van der Waals surface area contributed by atoms with Crippen LogP contribution in [0.25, 0.3) is 0 Å². The van der Waals surface area contributed by atoms with Gasteiger partial charge in [0.15, 0.2) is 5.96 Å². The first-order chi connectivity index (χ1) is 22.8. The summed E-state index contributed by atoms with van der Waals surface area (Å²) in [6, 6.07) is 13.7. The minimum absolute atomic E-state index is 0.0606. The normalized spacial score (nSPS) is 12.5. The molecule has 2 aromatic rings. The molecular formula is C31H42F3N9O6. The number of nitrogens with zero attached hydrogens (tertiary/aromatic N) is 2. The highest BCUT2D eigenvalue weighted by Crippen LogP contribution is 2.19. The van der Waals surface area contributed by atoms with E-state index in [-0.39, 0.29) is 31.1 Å². The molecule has 2 rings (SSSR count). The molecule has 15 nitrogen and oxygen atoms in total. The van der Waals surface area contributed by atoms with Gasteiger partial charge in [-0.15, -0.1) is 0 Å². The molecule has 0 aliphatic rings. The van der Waals surface area contributed by atoms with Crippen LogP contribution in [0, 0.1) is 16.7 Å². The summed E-state index contributed by atoms with van der Waals surface area (Å²) in [4.78, 5) is 64.4. The molecule has 4 amide bonds. The molecule has 0 bridgehead atoms. The Hall–Kier alpha value is -5.68. The maximum absolute atomic E-state index is 13.9. The monoisotopic (exact) mass is 693 g/mol. The van der Waals surface area contributed by atoms with Gasteiger partial charge < -0.3 is 42.7 Å². The third kappa shape index (κ3) is 14.3. The fourth-order valence-corrected chi connectivity index (χ4v) is 4.37. The molecule has 0 radical (unpaired) electrons. The van der Waals surface area contributed by atoms with Crippen LogP contribution in [0.2, 0.25) is 0 Å². The molecule has 1 unspecified atom stereocenters. The van der Waals surface area contributed by atoms with Gasteiger partial charge >= 0.3 is 12.1 Å². The number of carbonyl (C=O) groups is 5. The number of nitrogen functional groups attached to an aromatic ring is 1. The van der Waals surface area contributed by atoms with E-state index in [9.17, 15) is 32.3 Å². The van der Waals surface area contributed by atoms with Crippen LogP contribution in [0.4, 0.5) is 13.2 Å². The third-order valence-electron chi connectivity index (χ3n) is 7.02. The number of nitrogens with one attached hydrogen (secondary N) is 4. The first kappa shape index (κ1) is 41.3. The topological polar surface area (TPSA) is 262 Å². The highest BCUT2D eigenvalue weighted by atomic mass is 19.4. The number of alkyl halides is 3. The Morgan fingerprint density at radius 1 is 0.857 bits per heavy atom. The van der Waals surface area contributed by atoms with Crippen molar-refractivity contribution in [2.45, 2.75) is 43.9 Å². The van der Waals surface area contributed by atoms with Crippen molar-refractivity contribution in [1.82, 2.24) is 20.4 Å². The van der Waals surface area contributed by atoms with E-state index in [4.69, 9.17) is 37.9 Å². The van der Waals surface area contributed by atoms with Gasteiger partial charge in [0.1, 0.15) is 23.8 Å². The molecular weight excluding hydrogens is 651 g/mol. The van der Waals surface area contributed by atoms with Gasteiger partial charge in [-0.25, -0.2) is 4.79 Å². The second-order valence-electron chi connectivity index (χ2n) is 11.0. The average molecular weight is 694 g/mol. The molecule has 3 atom stereocenters. The van der Waals surface area contributed by atoms with Crippen LogP contribution >= 0.6 is 0 Å². The lowest BCUT2D eigenvalue weighted by atomic mass is 9.94. The lowest BCUT2D eigenvalue weighted by Crippen LogP contribution is -2.56. The van der Waals surface area contributed by atoms with Crippen molar-refractivity contribution in [3.8, 4) is 0 Å². The Kier molecular flexibility index (Phi) is 16.2. The quantitative estimate of drug-likeness (QED) is 0.0546. The summed E-state index contributed by atoms with van der Waals surface area (Å²) in [6.45, 7) is 0.308. The Morgan fingerprint density at radius 3 is 1.84 bits per heavy atom. The van der Waals surface area contributed by atoms with Crippen molar-refractivity contribution in [2.24, 2.45) is 23.1 Å². The molecule has 0 saturated carbocycles. The van der Waals surface area contributed by atoms with Crippen molar-refractivity contribution < 1.29 is 42.3 Å². The van der Waals surface area contributed by atoms with Crippen molar-refractivity contribution in [3.05, 3.63) is 71.3 Å². The van der Waals surface area contributed by atoms with E-state index in [1.165, 1.54) is 16.8 Å². The standard InChI is InChI=1S/C29H41N9O4.C2HF3O2/c1-37(2)27(41)21(16-19-11-13-20(14-12-19)24(30)31)28(42)38(3)23(17-18-8-5-4-6-9-18)26(40)36-22(25(32)39)10-7-15-35-29(33)34;3-2(4,5)1(6)7/h4-6,8-9,11-14,21-23H,7,10,15-17H2,1-3H3,(H3,30,31)(H2,32,39)(H,36,40)(H4,33,34,35);(H,6,7)/t21?,22-,23-;/m0./s1. The summed E-state index contributed by atoms with van der Waals surface area (Å²) in [5.74, 6) is -6.55. The fourth-order valence-electron chi connectivity index (χ4n) is 4.37. The van der Waals surface area contributed by atoms with Gasteiger partial charge in [0, 0.05) is 39.7 Å². The number of amidine groups is 1. The van der Waals surface area contributed by atoms with Crippen LogP contribution < -0.4 is 27.8 Å². The summed E-state index contributed by atoms with van der Waals surface area (Å²) in [6.07, 6.45) is -4.31. The Labute approximate surface area is 281 Å². The lowest BCUT2D eigenvalue weighted by molar-refractivity contribution is -0.192. The summed E-state index contributed by atoms with van der Waals surface area (Å²) in [7, 11) is 4.56. The Balaban J connectivity index is 0.00000154. The number of aliphatic carboxylic acids is 1. The highest BCUT2D eigenvalue weighted by Gasteiger charge is 2.38. The number of halogens is 3. The molecule has 0 saturated heterocycles. The predicted octanol–water partition coefficient (Wildman–Crippen LogP) is 0.154. The van der Waals surface area contributed by atoms with E-state index < -0.39 is 53.8 Å². The number of nitrogens with two attached hydrogens (primary N) is 3. The predicted molar refractivity (Wildman–Crippen MR) is 174 cm³/mol. The zero-order valence-corrected chi connectivity index (χ0v) is 27.2. The van der Waals surface area contributed by atoms with Crippen LogP contribution in [-0.4, -0.2) is 102 Å². The molecule has 0 heterocycles. The minimum atomic E-state index is -5.08. The summed E-state index contributed by atoms with van der Waals surface area (Å²) >= 11 is 0. The van der Waals surface area contributed by atoms with Crippen LogP contribution in [0.3, 0.4) is 0 Å². The number of carboxylic acids is 1. The van der Waals surface area contributed by atoms with Crippen LogP contribution in [0.5, 0.6) is 0 Å². The van der Waals surface area contributed by atoms with Gasteiger partial charge in [0.25, 0.3) is 0 Å². The third-order valence-corrected chi connectivity index (χ3v) is 7.02. The number of amides is 4. The maximum Gasteiger partial charge on any atom is 0.490 e. The SMILES string of the molecule is CN(C)C(=O)C(Cc1ccc(C(=N)N)cc1)C(=O)N(C)[C@@H](Cc1ccccc1)C(=O)N[C@@H](CCCNC(=N)N)C(N)=O.O=C(O)C(F)(F)F. The molecule has 18 heteroatoms. The van der Waals surface area contributed by atoms with Crippen molar-refractivity contribution >= 4 is 41.4 Å². The van der Waals surface area contributed by atoms with Crippen LogP contribution in [0.1, 0.15) is 29.5 Å². The van der Waals surface area contributed by atoms with E-state index in [0.29, 0.717) is 24.1 Å². The molecule has 0 aromatic heterocycles. The summed E-state index contributed by atoms with van der Waals surface area (Å²) in [5.41, 5.74) is 18.4. The molecule has 268 valence electrons. The number of likely N-dealkylation sites (N-methyl/N-ethyl adjacent to an activating group) is 1. The first-order valence-electron chi connectivity index (χ1n) is 14.7. The zero-order valence-electron chi connectivity index (χ0n) is 27.2. The van der Waals surface area contributed by atoms with Gasteiger partial charge in [0.05, 0.1) is 0 Å². The summed E-state index contributed by atoms with van der Waals surface area (Å²) < 4.78 is 31.7. The Morgan fingerprint density at radius 2 is 1.39 bits per heavy atom. The van der Waals surface area contributed by atoms with Gasteiger partial charge in [-0.05, 0) is 30.4 Å². The van der Waals surface area contributed by atoms with Crippen molar-refractivity contribution in [3.63, 3.8) is 0 Å². The number of benzene rings is 2. The minimum Gasteiger partial charge on any atom is -0.475 e. The van der Waals surface area contributed by atoms with Gasteiger partial charge in [0.2, 0.25) is 23.6 Å². The second-order valence-corrected chi connectivity index (χ2v) is 11.0. The smallest absolute Gasteiger partial charge is 0.475 e. The van der Waals surface area contributed by atoms with E-state index in [1.807, 2.05) is 30.3 Å². The van der Waals surface area contributed by atoms with Gasteiger partial charge in [-0.1, -0.05) is 54.6 Å². The number of hydrogen-bond donors (Lipinski definition) is 8. The lowest BCUT2D eigenvalue weighted by Gasteiger charge is -2.32. The van der Waals surface area contributed by atoms with E-state index >= 15 is 0 Å². The molecule has 11 N–H and O–H groups in total. The largest absolute Gasteiger partial charge is 0.490 e. The number of carboxylic acid groups (broad SMARTS) is 1. The number of primary amides is 1. The molecule has 0 fully saturated rings. The molecule has 49 heavy (non-hydrogen) atoms. The molecule has 2 aromatic carbocycles. The van der Waals surface area contributed by atoms with Crippen LogP contribution in [-0.2, 0) is 36.8 Å². The average Bonchev–Trinajstić information content (AvgIpc) is 3.03. The Bertz CT molecular complexity index is 1470. The maximum atomic E-state index is 13.9. The number of rotatable bonds is 15. The molecule has 0 aliphatic heterocycles. The van der Waals surface area contributed by atoms with Gasteiger partial charge in [-0.3, -0.25) is 30.0 Å². The van der Waals surface area contributed by atoms with Crippen LogP contribution in [0.15, 0.2) is 54.6 Å². The summed E-state index contributed by atoms with van der Waals surface area (Å²) in [5, 5.41) is 27.3. The highest BCUT2D eigenvalue weighted by molar-refractivity contribution is 6.02. The first-order valence-corrected chi connectivity index (χ1v) is 14.7. The number of hydrogen-bond acceptors (Lipinski definition) is 7.